The Kier molecular flexibility index (Phi) is 9.55. The highest BCUT2D eigenvalue weighted by molar-refractivity contribution is 7.00. The van der Waals surface area contributed by atoms with Crippen LogP contribution in [0.3, 0.4) is 0 Å². The lowest BCUT2D eigenvalue weighted by molar-refractivity contribution is 0.403. The van der Waals surface area contributed by atoms with Gasteiger partial charge in [0.15, 0.2) is 0 Å². The predicted octanol–water partition coefficient (Wildman–Crippen LogP) is 15.3. The molecule has 66 heavy (non-hydrogen) atoms. The second-order valence-corrected chi connectivity index (χ2v) is 22.6. The zero-order chi connectivity index (χ0) is 45.9. The van der Waals surface area contributed by atoms with Gasteiger partial charge in [-0.05, 0) is 143 Å². The van der Waals surface area contributed by atoms with Crippen LogP contribution in [-0.4, -0.2) is 6.71 Å². The molecule has 8 aromatic rings. The number of benzene rings is 8. The first-order valence-electron chi connectivity index (χ1n) is 24.0. The molecule has 0 saturated heterocycles. The van der Waals surface area contributed by atoms with Crippen molar-refractivity contribution in [3.8, 4) is 33.4 Å². The molecule has 0 fully saturated rings. The lowest BCUT2D eigenvalue weighted by atomic mass is 9.33. The van der Waals surface area contributed by atoms with Crippen LogP contribution in [0, 0.1) is 0 Å². The number of anilines is 6. The standard InChI is InChI=1S/C63H61BN2/c1-60(2,3)46-29-33-54(49(35-46)44-24-18-13-19-25-44)66-56-39-51-50(62(7,8)40-63(51,9)10)38-53(56)64-52-34-45(42-22-16-12-17-23-42)28-32-55(52)65(57-36-47(61(4,5)6)37-58(66)59(57)64)48-30-26-43(27-31-48)41-20-14-11-15-21-41/h11-39H,40H2,1-10H3. The van der Waals surface area contributed by atoms with Crippen LogP contribution >= 0.6 is 0 Å². The summed E-state index contributed by atoms with van der Waals surface area (Å²) >= 11 is 0. The molecule has 11 rings (SSSR count). The third-order valence-corrected chi connectivity index (χ3v) is 14.9. The monoisotopic (exact) mass is 856 g/mol. The van der Waals surface area contributed by atoms with Gasteiger partial charge in [-0.25, -0.2) is 0 Å². The molecule has 2 aliphatic heterocycles. The fourth-order valence-electron chi connectivity index (χ4n) is 11.7. The molecule has 1 aliphatic carbocycles. The first-order valence-corrected chi connectivity index (χ1v) is 24.0. The first kappa shape index (κ1) is 42.1. The highest BCUT2D eigenvalue weighted by atomic mass is 15.2. The van der Waals surface area contributed by atoms with Crippen molar-refractivity contribution in [3.63, 3.8) is 0 Å². The van der Waals surface area contributed by atoms with Crippen LogP contribution in [0.4, 0.5) is 34.1 Å². The van der Waals surface area contributed by atoms with E-state index < -0.39 is 0 Å². The maximum absolute atomic E-state index is 2.68. The summed E-state index contributed by atoms with van der Waals surface area (Å²) in [4.78, 5) is 5.26. The van der Waals surface area contributed by atoms with Crippen LogP contribution in [-0.2, 0) is 21.7 Å². The Hall–Kier alpha value is -6.58. The third kappa shape index (κ3) is 6.85. The molecule has 326 valence electrons. The number of nitrogens with zero attached hydrogens (tertiary/aromatic N) is 2. The number of fused-ring (bicyclic) bond motifs is 5. The lowest BCUT2D eigenvalue weighted by Crippen LogP contribution is -2.61. The summed E-state index contributed by atoms with van der Waals surface area (Å²) in [5.41, 5.74) is 24.3. The summed E-state index contributed by atoms with van der Waals surface area (Å²) in [5.74, 6) is 0. The minimum absolute atomic E-state index is 0.00684. The van der Waals surface area contributed by atoms with Gasteiger partial charge in [-0.3, -0.25) is 0 Å². The smallest absolute Gasteiger partial charge is 0.252 e. The third-order valence-electron chi connectivity index (χ3n) is 14.9. The summed E-state index contributed by atoms with van der Waals surface area (Å²) < 4.78 is 0. The molecule has 0 spiro atoms. The quantitative estimate of drug-likeness (QED) is 0.159. The molecular weight excluding hydrogens is 796 g/mol. The molecule has 0 aromatic heterocycles. The molecule has 2 nitrogen and oxygen atoms in total. The van der Waals surface area contributed by atoms with E-state index in [0.717, 1.165) is 12.1 Å². The molecule has 2 heterocycles. The molecule has 3 aliphatic rings. The van der Waals surface area contributed by atoms with Crippen molar-refractivity contribution < 1.29 is 0 Å². The van der Waals surface area contributed by atoms with Crippen LogP contribution in [0.1, 0.15) is 97.9 Å². The average molecular weight is 857 g/mol. The van der Waals surface area contributed by atoms with E-state index in [1.165, 1.54) is 100 Å². The maximum Gasteiger partial charge on any atom is 0.252 e. The largest absolute Gasteiger partial charge is 0.311 e. The molecule has 0 amide bonds. The van der Waals surface area contributed by atoms with Gasteiger partial charge in [-0.2, -0.15) is 0 Å². The topological polar surface area (TPSA) is 6.48 Å². The van der Waals surface area contributed by atoms with E-state index in [1.54, 1.807) is 0 Å². The Morgan fingerprint density at radius 2 is 0.879 bits per heavy atom. The molecule has 0 bridgehead atoms. The zero-order valence-corrected chi connectivity index (χ0v) is 40.4. The van der Waals surface area contributed by atoms with Crippen molar-refractivity contribution in [1.29, 1.82) is 0 Å². The number of hydrogen-bond donors (Lipinski definition) is 0. The van der Waals surface area contributed by atoms with Crippen molar-refractivity contribution in [2.24, 2.45) is 0 Å². The van der Waals surface area contributed by atoms with Gasteiger partial charge in [0, 0.05) is 34.0 Å². The second kappa shape index (κ2) is 15.0. The lowest BCUT2D eigenvalue weighted by Gasteiger charge is -2.46. The minimum Gasteiger partial charge on any atom is -0.311 e. The normalized spacial score (nSPS) is 15.5. The highest BCUT2D eigenvalue weighted by Gasteiger charge is 2.48. The molecule has 8 aromatic carbocycles. The van der Waals surface area contributed by atoms with E-state index in [0.29, 0.717) is 0 Å². The summed E-state index contributed by atoms with van der Waals surface area (Å²) in [7, 11) is 0. The molecule has 0 saturated carbocycles. The fraction of sp³-hybridized carbons (Fsp3) is 0.238. The van der Waals surface area contributed by atoms with Gasteiger partial charge >= 0.3 is 0 Å². The Labute approximate surface area is 394 Å². The van der Waals surface area contributed by atoms with E-state index in [9.17, 15) is 0 Å². The Morgan fingerprint density at radius 3 is 1.47 bits per heavy atom. The molecule has 0 radical (unpaired) electrons. The van der Waals surface area contributed by atoms with E-state index >= 15 is 0 Å². The van der Waals surface area contributed by atoms with Gasteiger partial charge < -0.3 is 9.80 Å². The van der Waals surface area contributed by atoms with E-state index in [-0.39, 0.29) is 28.4 Å². The summed E-state index contributed by atoms with van der Waals surface area (Å²) in [5, 5.41) is 0. The predicted molar refractivity (Wildman–Crippen MR) is 285 cm³/mol. The highest BCUT2D eigenvalue weighted by Crippen LogP contribution is 2.54. The minimum atomic E-state index is -0.129. The Bertz CT molecular complexity index is 3170. The Morgan fingerprint density at radius 1 is 0.394 bits per heavy atom. The van der Waals surface area contributed by atoms with Crippen LogP contribution in [0.25, 0.3) is 33.4 Å². The summed E-state index contributed by atoms with van der Waals surface area (Å²) in [6, 6.07) is 66.9. The average Bonchev–Trinajstić information content (AvgIpc) is 3.49. The van der Waals surface area contributed by atoms with Crippen LogP contribution < -0.4 is 26.2 Å². The van der Waals surface area contributed by atoms with Crippen molar-refractivity contribution in [1.82, 2.24) is 0 Å². The SMILES string of the molecule is CC(C)(C)c1ccc(N2c3cc4c(cc3B3c5cc(-c6ccccc6)ccc5N(c5ccc(-c6ccccc6)cc5)c5cc(C(C)(C)C)cc2c53)C(C)(C)CC4(C)C)c(-c2ccccc2)c1. The first-order chi connectivity index (χ1) is 31.5. The molecular formula is C63H61BN2. The number of hydrogen-bond acceptors (Lipinski definition) is 2. The van der Waals surface area contributed by atoms with Gasteiger partial charge in [0.05, 0.1) is 5.69 Å². The van der Waals surface area contributed by atoms with Crippen LogP contribution in [0.15, 0.2) is 176 Å². The van der Waals surface area contributed by atoms with Crippen LogP contribution in [0.5, 0.6) is 0 Å². The van der Waals surface area contributed by atoms with Crippen molar-refractivity contribution in [2.45, 2.75) is 97.3 Å². The van der Waals surface area contributed by atoms with Gasteiger partial charge in [-0.15, -0.1) is 0 Å². The molecule has 0 unspecified atom stereocenters. The van der Waals surface area contributed by atoms with Gasteiger partial charge in [0.1, 0.15) is 0 Å². The fourth-order valence-corrected chi connectivity index (χ4v) is 11.7. The van der Waals surface area contributed by atoms with E-state index in [1.807, 2.05) is 0 Å². The van der Waals surface area contributed by atoms with E-state index in [4.69, 9.17) is 0 Å². The summed E-state index contributed by atoms with van der Waals surface area (Å²) in [6.07, 6.45) is 1.10. The molecule has 0 N–H and O–H groups in total. The van der Waals surface area contributed by atoms with Crippen molar-refractivity contribution in [3.05, 3.63) is 198 Å². The summed E-state index contributed by atoms with van der Waals surface area (Å²) in [6.45, 7) is 23.9. The van der Waals surface area contributed by atoms with Gasteiger partial charge in [-0.1, -0.05) is 197 Å². The van der Waals surface area contributed by atoms with E-state index in [2.05, 4.69) is 255 Å². The van der Waals surface area contributed by atoms with Crippen molar-refractivity contribution in [2.75, 3.05) is 9.80 Å². The van der Waals surface area contributed by atoms with Crippen LogP contribution in [0.2, 0.25) is 0 Å². The Balaban J connectivity index is 1.27. The van der Waals surface area contributed by atoms with Crippen molar-refractivity contribution >= 4 is 57.2 Å². The van der Waals surface area contributed by atoms with Gasteiger partial charge in [0.2, 0.25) is 0 Å². The maximum atomic E-state index is 2.68. The number of rotatable bonds is 5. The molecule has 3 heteroatoms. The second-order valence-electron chi connectivity index (χ2n) is 22.6. The molecule has 0 atom stereocenters. The van der Waals surface area contributed by atoms with Gasteiger partial charge in [0.25, 0.3) is 6.71 Å². The zero-order valence-electron chi connectivity index (χ0n) is 40.4.